The SMILES string of the molecule is COC(=O)Cn1c(=NC(=O)c2ccc(C(=O)OC)cc2)sc2ccc(Cl)c(C)c21. The highest BCUT2D eigenvalue weighted by atomic mass is 35.5. The Morgan fingerprint density at radius 1 is 1.03 bits per heavy atom. The van der Waals surface area contributed by atoms with Gasteiger partial charge in [-0.25, -0.2) is 4.79 Å². The Kier molecular flexibility index (Phi) is 6.14. The van der Waals surface area contributed by atoms with Gasteiger partial charge in [-0.05, 0) is 48.9 Å². The Balaban J connectivity index is 2.10. The van der Waals surface area contributed by atoms with Crippen LogP contribution < -0.4 is 4.80 Å². The number of ether oxygens (including phenoxy) is 2. The van der Waals surface area contributed by atoms with Crippen molar-refractivity contribution in [3.8, 4) is 0 Å². The van der Waals surface area contributed by atoms with Gasteiger partial charge in [0, 0.05) is 10.6 Å². The molecule has 0 fully saturated rings. The summed E-state index contributed by atoms with van der Waals surface area (Å²) in [5.74, 6) is -1.47. The van der Waals surface area contributed by atoms with E-state index < -0.39 is 17.8 Å². The van der Waals surface area contributed by atoms with Crippen LogP contribution in [0.2, 0.25) is 5.02 Å². The number of hydrogen-bond acceptors (Lipinski definition) is 6. The fourth-order valence-corrected chi connectivity index (χ4v) is 4.00. The van der Waals surface area contributed by atoms with Crippen LogP contribution in [0.5, 0.6) is 0 Å². The average molecular weight is 433 g/mol. The zero-order valence-corrected chi connectivity index (χ0v) is 17.5. The molecule has 29 heavy (non-hydrogen) atoms. The minimum Gasteiger partial charge on any atom is -0.468 e. The van der Waals surface area contributed by atoms with Gasteiger partial charge < -0.3 is 14.0 Å². The predicted molar refractivity (Wildman–Crippen MR) is 109 cm³/mol. The summed E-state index contributed by atoms with van der Waals surface area (Å²) in [7, 11) is 2.58. The number of carbonyl (C=O) groups excluding carboxylic acids is 3. The van der Waals surface area contributed by atoms with Crippen LogP contribution in [0.15, 0.2) is 41.4 Å². The van der Waals surface area contributed by atoms with Crippen LogP contribution >= 0.6 is 22.9 Å². The fraction of sp³-hybridized carbons (Fsp3) is 0.200. The minimum atomic E-state index is -0.504. The number of nitrogens with zero attached hydrogens (tertiary/aromatic N) is 2. The highest BCUT2D eigenvalue weighted by molar-refractivity contribution is 7.16. The van der Waals surface area contributed by atoms with Crippen molar-refractivity contribution in [2.75, 3.05) is 14.2 Å². The van der Waals surface area contributed by atoms with Gasteiger partial charge in [0.2, 0.25) is 0 Å². The maximum absolute atomic E-state index is 12.7. The number of amides is 1. The maximum atomic E-state index is 12.7. The van der Waals surface area contributed by atoms with E-state index in [0.717, 1.165) is 15.8 Å². The Hall–Kier alpha value is -2.97. The number of benzene rings is 2. The first-order valence-electron chi connectivity index (χ1n) is 8.48. The molecule has 0 unspecified atom stereocenters. The number of methoxy groups -OCH3 is 2. The molecule has 0 bridgehead atoms. The van der Waals surface area contributed by atoms with E-state index in [1.165, 1.54) is 49.8 Å². The minimum absolute atomic E-state index is 0.106. The quantitative estimate of drug-likeness (QED) is 0.590. The first kappa shape index (κ1) is 20.8. The molecule has 7 nitrogen and oxygen atoms in total. The molecule has 0 saturated heterocycles. The molecule has 1 heterocycles. The van der Waals surface area contributed by atoms with Crippen LogP contribution in [0.25, 0.3) is 10.2 Å². The lowest BCUT2D eigenvalue weighted by atomic mass is 10.1. The summed E-state index contributed by atoms with van der Waals surface area (Å²) in [6.45, 7) is 1.73. The average Bonchev–Trinajstić information content (AvgIpc) is 3.07. The van der Waals surface area contributed by atoms with Crippen LogP contribution in [0.1, 0.15) is 26.3 Å². The third-order valence-corrected chi connectivity index (χ3v) is 5.75. The summed E-state index contributed by atoms with van der Waals surface area (Å²) in [4.78, 5) is 40.7. The van der Waals surface area contributed by atoms with Crippen molar-refractivity contribution in [3.63, 3.8) is 0 Å². The highest BCUT2D eigenvalue weighted by Crippen LogP contribution is 2.27. The second-order valence-corrected chi connectivity index (χ2v) is 7.47. The summed E-state index contributed by atoms with van der Waals surface area (Å²) in [5.41, 5.74) is 2.13. The summed E-state index contributed by atoms with van der Waals surface area (Å²) < 4.78 is 11.9. The van der Waals surface area contributed by atoms with Crippen molar-refractivity contribution in [1.82, 2.24) is 4.57 Å². The monoisotopic (exact) mass is 432 g/mol. The normalized spacial score (nSPS) is 11.5. The van der Waals surface area contributed by atoms with E-state index in [1.807, 2.05) is 13.0 Å². The van der Waals surface area contributed by atoms with Crippen LogP contribution in [0, 0.1) is 6.92 Å². The van der Waals surface area contributed by atoms with E-state index >= 15 is 0 Å². The van der Waals surface area contributed by atoms with Gasteiger partial charge in [-0.2, -0.15) is 4.99 Å². The van der Waals surface area contributed by atoms with Crippen molar-refractivity contribution < 1.29 is 23.9 Å². The van der Waals surface area contributed by atoms with Crippen molar-refractivity contribution in [2.45, 2.75) is 13.5 Å². The van der Waals surface area contributed by atoms with Gasteiger partial charge in [-0.1, -0.05) is 22.9 Å². The molecule has 0 radical (unpaired) electrons. The molecular weight excluding hydrogens is 416 g/mol. The molecular formula is C20H17ClN2O5S. The lowest BCUT2D eigenvalue weighted by Crippen LogP contribution is -2.22. The molecule has 2 aromatic carbocycles. The first-order valence-corrected chi connectivity index (χ1v) is 9.68. The molecule has 0 saturated carbocycles. The largest absolute Gasteiger partial charge is 0.468 e. The number of hydrogen-bond donors (Lipinski definition) is 0. The van der Waals surface area contributed by atoms with Gasteiger partial charge in [-0.15, -0.1) is 0 Å². The summed E-state index contributed by atoms with van der Waals surface area (Å²) >= 11 is 7.50. The van der Waals surface area contributed by atoms with Gasteiger partial charge in [-0.3, -0.25) is 9.59 Å². The molecule has 0 N–H and O–H groups in total. The number of thiazole rings is 1. The van der Waals surface area contributed by atoms with Gasteiger partial charge in [0.1, 0.15) is 6.54 Å². The van der Waals surface area contributed by atoms with Crippen LogP contribution in [-0.4, -0.2) is 36.6 Å². The highest BCUT2D eigenvalue weighted by Gasteiger charge is 2.16. The predicted octanol–water partition coefficient (Wildman–Crippen LogP) is 3.37. The molecule has 3 rings (SSSR count). The van der Waals surface area contributed by atoms with E-state index in [9.17, 15) is 14.4 Å². The third-order valence-electron chi connectivity index (χ3n) is 4.29. The second-order valence-electron chi connectivity index (χ2n) is 6.05. The topological polar surface area (TPSA) is 87.0 Å². The Morgan fingerprint density at radius 2 is 1.69 bits per heavy atom. The number of carbonyl (C=O) groups is 3. The Bertz CT molecular complexity index is 1180. The van der Waals surface area contributed by atoms with Crippen LogP contribution in [-0.2, 0) is 20.8 Å². The lowest BCUT2D eigenvalue weighted by molar-refractivity contribution is -0.141. The van der Waals surface area contributed by atoms with Crippen molar-refractivity contribution in [1.29, 1.82) is 0 Å². The maximum Gasteiger partial charge on any atom is 0.337 e. The molecule has 0 aliphatic heterocycles. The van der Waals surface area contributed by atoms with E-state index in [0.29, 0.717) is 21.0 Å². The van der Waals surface area contributed by atoms with E-state index in [2.05, 4.69) is 9.73 Å². The van der Waals surface area contributed by atoms with E-state index in [1.54, 1.807) is 10.6 Å². The molecule has 1 aromatic heterocycles. The molecule has 3 aromatic rings. The summed E-state index contributed by atoms with van der Waals surface area (Å²) in [6.07, 6.45) is 0. The number of esters is 2. The molecule has 0 atom stereocenters. The van der Waals surface area contributed by atoms with Crippen molar-refractivity contribution >= 4 is 51.0 Å². The standard InChI is InChI=1S/C20H17ClN2O5S/c1-11-14(21)8-9-15-17(11)23(10-16(24)27-2)20(29-15)22-18(25)12-4-6-13(7-5-12)19(26)28-3/h4-9H,10H2,1-3H3. The van der Waals surface area contributed by atoms with Gasteiger partial charge in [0.05, 0.1) is 30.0 Å². The van der Waals surface area contributed by atoms with Crippen LogP contribution in [0.3, 0.4) is 0 Å². The van der Waals surface area contributed by atoms with Gasteiger partial charge in [0.25, 0.3) is 5.91 Å². The zero-order valence-electron chi connectivity index (χ0n) is 15.9. The van der Waals surface area contributed by atoms with E-state index in [-0.39, 0.29) is 6.54 Å². The van der Waals surface area contributed by atoms with Gasteiger partial charge in [0.15, 0.2) is 4.80 Å². The summed E-state index contributed by atoms with van der Waals surface area (Å²) in [5, 5.41) is 0.546. The smallest absolute Gasteiger partial charge is 0.337 e. The third kappa shape index (κ3) is 4.23. The van der Waals surface area contributed by atoms with Crippen molar-refractivity contribution in [3.05, 3.63) is 62.9 Å². The Labute approximate surface area is 175 Å². The second kappa shape index (κ2) is 8.59. The number of fused-ring (bicyclic) bond motifs is 1. The van der Waals surface area contributed by atoms with E-state index in [4.69, 9.17) is 16.3 Å². The number of halogens is 1. The van der Waals surface area contributed by atoms with Crippen LogP contribution in [0.4, 0.5) is 0 Å². The van der Waals surface area contributed by atoms with Gasteiger partial charge >= 0.3 is 11.9 Å². The molecule has 150 valence electrons. The Morgan fingerprint density at radius 3 is 2.31 bits per heavy atom. The molecule has 0 spiro atoms. The molecule has 0 aliphatic rings. The zero-order chi connectivity index (χ0) is 21.1. The number of aromatic nitrogens is 1. The lowest BCUT2D eigenvalue weighted by Gasteiger charge is -2.07. The number of aryl methyl sites for hydroxylation is 1. The fourth-order valence-electron chi connectivity index (χ4n) is 2.76. The van der Waals surface area contributed by atoms with Crippen molar-refractivity contribution in [2.24, 2.45) is 4.99 Å². The molecule has 0 aliphatic carbocycles. The first-order chi connectivity index (χ1) is 13.8. The molecule has 9 heteroatoms. The summed E-state index contributed by atoms with van der Waals surface area (Å²) in [6, 6.07) is 9.56. The number of rotatable bonds is 4. The molecule has 1 amide bonds.